The van der Waals surface area contributed by atoms with Gasteiger partial charge in [-0.25, -0.2) is 9.37 Å². The Morgan fingerprint density at radius 2 is 1.70 bits per heavy atom. The molecule has 150 valence electrons. The lowest BCUT2D eigenvalue weighted by Gasteiger charge is -2.12. The third kappa shape index (κ3) is 4.35. The van der Waals surface area contributed by atoms with E-state index in [1.165, 1.54) is 12.1 Å². The Hall–Kier alpha value is -4.00. The van der Waals surface area contributed by atoms with Crippen molar-refractivity contribution in [1.29, 1.82) is 0 Å². The lowest BCUT2D eigenvalue weighted by atomic mass is 10.1. The molecule has 4 rings (SSSR count). The molecular weight excluding hydrogens is 383 g/mol. The third-order valence-electron chi connectivity index (χ3n) is 4.62. The van der Waals surface area contributed by atoms with Crippen LogP contribution in [-0.4, -0.2) is 22.4 Å². The Balaban J connectivity index is 1.48. The molecule has 0 aliphatic carbocycles. The van der Waals surface area contributed by atoms with Crippen molar-refractivity contribution < 1.29 is 9.18 Å². The van der Waals surface area contributed by atoms with Gasteiger partial charge < -0.3 is 15.6 Å². The van der Waals surface area contributed by atoms with Crippen LogP contribution in [0.2, 0.25) is 0 Å². The number of aromatic nitrogens is 2. The summed E-state index contributed by atoms with van der Waals surface area (Å²) < 4.78 is 13.0. The van der Waals surface area contributed by atoms with Gasteiger partial charge in [0.15, 0.2) is 0 Å². The summed E-state index contributed by atoms with van der Waals surface area (Å²) in [6.45, 7) is 0.317. The predicted octanol–water partition coefficient (Wildman–Crippen LogP) is 3.46. The number of nitrogens with zero attached hydrogens (tertiary/aromatic N) is 1. The maximum atomic E-state index is 13.0. The summed E-state index contributed by atoms with van der Waals surface area (Å²) in [5.41, 5.74) is 3.36. The summed E-state index contributed by atoms with van der Waals surface area (Å²) in [6, 6.07) is 20.5. The van der Waals surface area contributed by atoms with Crippen LogP contribution in [0, 0.1) is 5.82 Å². The van der Waals surface area contributed by atoms with E-state index < -0.39 is 0 Å². The Bertz CT molecular complexity index is 1250. The molecule has 7 heteroatoms. The monoisotopic (exact) mass is 402 g/mol. The molecule has 3 aromatic carbocycles. The van der Waals surface area contributed by atoms with Crippen molar-refractivity contribution in [2.45, 2.75) is 6.54 Å². The minimum absolute atomic E-state index is 0.0176. The zero-order valence-corrected chi connectivity index (χ0v) is 16.0. The number of rotatable bonds is 6. The molecule has 0 saturated carbocycles. The van der Waals surface area contributed by atoms with Crippen LogP contribution in [0.5, 0.6) is 0 Å². The highest BCUT2D eigenvalue weighted by Gasteiger charge is 2.12. The molecule has 4 aromatic rings. The Morgan fingerprint density at radius 3 is 2.53 bits per heavy atom. The van der Waals surface area contributed by atoms with E-state index in [1.807, 2.05) is 30.3 Å². The summed E-state index contributed by atoms with van der Waals surface area (Å²) in [5, 5.41) is 5.84. The molecule has 0 bridgehead atoms. The number of H-pyrrole nitrogens is 1. The average Bonchev–Trinajstić information content (AvgIpc) is 2.77. The molecular formula is C23H19FN4O2. The van der Waals surface area contributed by atoms with E-state index in [0.29, 0.717) is 28.8 Å². The van der Waals surface area contributed by atoms with Gasteiger partial charge in [0.05, 0.1) is 17.6 Å². The molecule has 0 atom stereocenters. The van der Waals surface area contributed by atoms with Crippen LogP contribution < -0.4 is 16.2 Å². The number of para-hydroxylation sites is 3. The first kappa shape index (κ1) is 19.3. The van der Waals surface area contributed by atoms with Crippen molar-refractivity contribution >= 4 is 22.6 Å². The summed E-state index contributed by atoms with van der Waals surface area (Å²) in [5.74, 6) is -0.546. The molecule has 0 aliphatic heterocycles. The molecule has 1 amide bonds. The number of nitrogens with one attached hydrogen (secondary N) is 3. The van der Waals surface area contributed by atoms with E-state index in [0.717, 1.165) is 5.56 Å². The van der Waals surface area contributed by atoms with Crippen LogP contribution >= 0.6 is 0 Å². The fraction of sp³-hybridized carbons (Fsp3) is 0.0870. The first-order valence-corrected chi connectivity index (χ1v) is 9.43. The second-order valence-electron chi connectivity index (χ2n) is 6.73. The van der Waals surface area contributed by atoms with Crippen LogP contribution in [0.15, 0.2) is 77.6 Å². The van der Waals surface area contributed by atoms with Gasteiger partial charge in [-0.15, -0.1) is 0 Å². The van der Waals surface area contributed by atoms with E-state index in [-0.39, 0.29) is 29.5 Å². The minimum atomic E-state index is -0.319. The lowest BCUT2D eigenvalue weighted by molar-refractivity contribution is -0.119. The number of benzene rings is 3. The van der Waals surface area contributed by atoms with E-state index in [1.54, 1.807) is 30.3 Å². The van der Waals surface area contributed by atoms with Crippen molar-refractivity contribution in [3.05, 3.63) is 94.5 Å². The zero-order valence-electron chi connectivity index (χ0n) is 16.0. The van der Waals surface area contributed by atoms with Gasteiger partial charge >= 0.3 is 0 Å². The van der Waals surface area contributed by atoms with E-state index >= 15 is 0 Å². The minimum Gasteiger partial charge on any atom is -0.376 e. The SMILES string of the molecule is O=C(CNc1ccccc1-c1nc2ccccc2[nH]c1=O)NCc1ccc(F)cc1. The molecule has 30 heavy (non-hydrogen) atoms. The van der Waals surface area contributed by atoms with Crippen molar-refractivity contribution in [3.63, 3.8) is 0 Å². The molecule has 1 aromatic heterocycles. The Labute approximate surface area is 171 Å². The maximum absolute atomic E-state index is 13.0. The van der Waals surface area contributed by atoms with Gasteiger partial charge in [0.1, 0.15) is 11.5 Å². The van der Waals surface area contributed by atoms with Crippen LogP contribution in [0.4, 0.5) is 10.1 Å². The number of hydrogen-bond donors (Lipinski definition) is 3. The van der Waals surface area contributed by atoms with Crippen LogP contribution in [0.3, 0.4) is 0 Å². The molecule has 3 N–H and O–H groups in total. The van der Waals surface area contributed by atoms with E-state index in [4.69, 9.17) is 0 Å². The number of amides is 1. The standard InChI is InChI=1S/C23H19FN4O2/c24-16-11-9-15(10-12-16)13-26-21(29)14-25-18-6-2-1-5-17(18)22-23(30)28-20-8-4-3-7-19(20)27-22/h1-12,25H,13-14H2,(H,26,29)(H,28,30). The average molecular weight is 402 g/mol. The van der Waals surface area contributed by atoms with Gasteiger partial charge in [-0.2, -0.15) is 0 Å². The smallest absolute Gasteiger partial charge is 0.275 e. The van der Waals surface area contributed by atoms with Crippen molar-refractivity contribution in [2.24, 2.45) is 0 Å². The van der Waals surface area contributed by atoms with Crippen molar-refractivity contribution in [1.82, 2.24) is 15.3 Å². The number of fused-ring (bicyclic) bond motifs is 1. The van der Waals surface area contributed by atoms with Gasteiger partial charge in [0, 0.05) is 17.8 Å². The number of carbonyl (C=O) groups is 1. The molecule has 0 aliphatic rings. The number of anilines is 1. The lowest BCUT2D eigenvalue weighted by Crippen LogP contribution is -2.29. The third-order valence-corrected chi connectivity index (χ3v) is 4.62. The second kappa shape index (κ2) is 8.57. The quantitative estimate of drug-likeness (QED) is 0.461. The van der Waals surface area contributed by atoms with E-state index in [2.05, 4.69) is 20.6 Å². The van der Waals surface area contributed by atoms with Crippen LogP contribution in [0.1, 0.15) is 5.56 Å². The highest BCUT2D eigenvalue weighted by atomic mass is 19.1. The molecule has 0 spiro atoms. The normalized spacial score (nSPS) is 10.7. The summed E-state index contributed by atoms with van der Waals surface area (Å²) >= 11 is 0. The highest BCUT2D eigenvalue weighted by Crippen LogP contribution is 2.24. The largest absolute Gasteiger partial charge is 0.376 e. The first-order chi connectivity index (χ1) is 14.6. The highest BCUT2D eigenvalue weighted by molar-refractivity contribution is 5.85. The fourth-order valence-electron chi connectivity index (χ4n) is 3.10. The van der Waals surface area contributed by atoms with Gasteiger partial charge in [-0.05, 0) is 35.9 Å². The van der Waals surface area contributed by atoms with Crippen molar-refractivity contribution in [2.75, 3.05) is 11.9 Å². The summed E-state index contributed by atoms with van der Waals surface area (Å²) in [6.07, 6.45) is 0. The molecule has 0 unspecified atom stereocenters. The number of hydrogen-bond acceptors (Lipinski definition) is 4. The molecule has 1 heterocycles. The van der Waals surface area contributed by atoms with Crippen molar-refractivity contribution in [3.8, 4) is 11.3 Å². The van der Waals surface area contributed by atoms with Gasteiger partial charge in [0.2, 0.25) is 5.91 Å². The predicted molar refractivity (Wildman–Crippen MR) is 115 cm³/mol. The Kier molecular flexibility index (Phi) is 5.52. The summed E-state index contributed by atoms with van der Waals surface area (Å²) in [4.78, 5) is 32.1. The number of halogens is 1. The molecule has 0 radical (unpaired) electrons. The summed E-state index contributed by atoms with van der Waals surface area (Å²) in [7, 11) is 0. The molecule has 6 nitrogen and oxygen atoms in total. The van der Waals surface area contributed by atoms with Gasteiger partial charge in [0.25, 0.3) is 5.56 Å². The fourth-order valence-corrected chi connectivity index (χ4v) is 3.10. The van der Waals surface area contributed by atoms with Crippen LogP contribution in [-0.2, 0) is 11.3 Å². The molecule has 0 saturated heterocycles. The van der Waals surface area contributed by atoms with E-state index in [9.17, 15) is 14.0 Å². The number of carbonyl (C=O) groups excluding carboxylic acids is 1. The Morgan fingerprint density at radius 1 is 0.967 bits per heavy atom. The van der Waals surface area contributed by atoms with Gasteiger partial charge in [-0.3, -0.25) is 9.59 Å². The second-order valence-corrected chi connectivity index (χ2v) is 6.73. The number of aromatic amines is 1. The van der Waals surface area contributed by atoms with Gasteiger partial charge in [-0.1, -0.05) is 42.5 Å². The topological polar surface area (TPSA) is 86.9 Å². The maximum Gasteiger partial charge on any atom is 0.275 e. The zero-order chi connectivity index (χ0) is 20.9. The van der Waals surface area contributed by atoms with Crippen LogP contribution in [0.25, 0.3) is 22.3 Å². The first-order valence-electron chi connectivity index (χ1n) is 9.43. The molecule has 0 fully saturated rings.